The van der Waals surface area contributed by atoms with Crippen molar-refractivity contribution in [2.75, 3.05) is 12.4 Å². The fourth-order valence-electron chi connectivity index (χ4n) is 0.472. The molecule has 0 rings (SSSR count). The Bertz CT molecular complexity index is 79.7. The summed E-state index contributed by atoms with van der Waals surface area (Å²) in [5.41, 5.74) is 0. The molecular formula is C5H12O4S. The van der Waals surface area contributed by atoms with E-state index in [0.717, 1.165) is 0 Å². The van der Waals surface area contributed by atoms with E-state index in [4.69, 9.17) is 20.4 Å². The second kappa shape index (κ2) is 4.92. The van der Waals surface area contributed by atoms with Crippen molar-refractivity contribution in [1.29, 1.82) is 0 Å². The number of aliphatic hydroxyl groups excluding tert-OH is 4. The summed E-state index contributed by atoms with van der Waals surface area (Å²) >= 11 is 3.69. The summed E-state index contributed by atoms with van der Waals surface area (Å²) in [4.78, 5) is 0. The van der Waals surface area contributed by atoms with E-state index in [1.54, 1.807) is 0 Å². The molecule has 10 heavy (non-hydrogen) atoms. The zero-order valence-corrected chi connectivity index (χ0v) is 6.28. The lowest BCUT2D eigenvalue weighted by Gasteiger charge is -2.19. The molecule has 4 N–H and O–H groups in total. The van der Waals surface area contributed by atoms with Gasteiger partial charge in [0.05, 0.1) is 12.7 Å². The lowest BCUT2D eigenvalue weighted by molar-refractivity contribution is -0.0682. The molecule has 0 aromatic heterocycles. The molecule has 0 fully saturated rings. The van der Waals surface area contributed by atoms with Crippen LogP contribution in [0.3, 0.4) is 0 Å². The third kappa shape index (κ3) is 2.85. The first-order valence-electron chi connectivity index (χ1n) is 2.89. The largest absolute Gasteiger partial charge is 0.394 e. The van der Waals surface area contributed by atoms with Crippen LogP contribution in [-0.2, 0) is 0 Å². The Hall–Kier alpha value is 0.190. The third-order valence-electron chi connectivity index (χ3n) is 1.16. The van der Waals surface area contributed by atoms with Crippen LogP contribution >= 0.6 is 12.6 Å². The molecule has 0 aromatic rings. The van der Waals surface area contributed by atoms with Gasteiger partial charge >= 0.3 is 0 Å². The maximum Gasteiger partial charge on any atom is 0.109 e. The summed E-state index contributed by atoms with van der Waals surface area (Å²) in [6.07, 6.45) is -3.70. The summed E-state index contributed by atoms with van der Waals surface area (Å²) in [5, 5.41) is 34.7. The quantitative estimate of drug-likeness (QED) is 0.314. The van der Waals surface area contributed by atoms with Gasteiger partial charge in [0.2, 0.25) is 0 Å². The van der Waals surface area contributed by atoms with Crippen molar-refractivity contribution in [2.24, 2.45) is 0 Å². The number of rotatable bonds is 4. The van der Waals surface area contributed by atoms with E-state index >= 15 is 0 Å². The van der Waals surface area contributed by atoms with Crippen molar-refractivity contribution in [2.45, 2.75) is 18.3 Å². The maximum absolute atomic E-state index is 8.88. The molecule has 0 aliphatic heterocycles. The van der Waals surface area contributed by atoms with Crippen molar-refractivity contribution in [1.82, 2.24) is 0 Å². The van der Waals surface area contributed by atoms with Gasteiger partial charge in [-0.25, -0.2) is 0 Å². The highest BCUT2D eigenvalue weighted by atomic mass is 32.1. The fourth-order valence-corrected chi connectivity index (χ4v) is 0.688. The van der Waals surface area contributed by atoms with E-state index in [-0.39, 0.29) is 5.75 Å². The van der Waals surface area contributed by atoms with Crippen molar-refractivity contribution in [3.8, 4) is 0 Å². The number of hydrogen-bond donors (Lipinski definition) is 5. The van der Waals surface area contributed by atoms with Gasteiger partial charge in [-0.1, -0.05) is 0 Å². The average Bonchev–Trinajstić information content (AvgIpc) is 2.00. The van der Waals surface area contributed by atoms with Crippen LogP contribution in [0.25, 0.3) is 0 Å². The standard InChI is InChI=1S/C5H12O4S/c6-1-3(7)5(9)4(8)2-10/h3-10H,1-2H2/t3-,4+,5+/m1/s1. The Morgan fingerprint density at radius 1 is 1.10 bits per heavy atom. The Balaban J connectivity index is 3.69. The van der Waals surface area contributed by atoms with Crippen LogP contribution < -0.4 is 0 Å². The topological polar surface area (TPSA) is 80.9 Å². The van der Waals surface area contributed by atoms with Crippen LogP contribution in [0.15, 0.2) is 0 Å². The van der Waals surface area contributed by atoms with Gasteiger partial charge in [0.1, 0.15) is 12.2 Å². The summed E-state index contributed by atoms with van der Waals surface area (Å²) in [6.45, 7) is -0.563. The van der Waals surface area contributed by atoms with Gasteiger partial charge in [-0.2, -0.15) is 12.6 Å². The highest BCUT2D eigenvalue weighted by Gasteiger charge is 2.22. The molecular weight excluding hydrogens is 156 g/mol. The minimum atomic E-state index is -1.32. The Kier molecular flexibility index (Phi) is 5.02. The summed E-state index contributed by atoms with van der Waals surface area (Å²) in [7, 11) is 0. The van der Waals surface area contributed by atoms with E-state index in [1.807, 2.05) is 0 Å². The molecule has 0 amide bonds. The van der Waals surface area contributed by atoms with Crippen LogP contribution in [0.4, 0.5) is 0 Å². The van der Waals surface area contributed by atoms with Crippen molar-refractivity contribution < 1.29 is 20.4 Å². The van der Waals surface area contributed by atoms with Crippen molar-refractivity contribution >= 4 is 12.6 Å². The predicted molar refractivity (Wildman–Crippen MR) is 39.0 cm³/mol. The Labute approximate surface area is 64.5 Å². The molecule has 0 heterocycles. The van der Waals surface area contributed by atoms with Crippen LogP contribution in [0.1, 0.15) is 0 Å². The molecule has 0 aromatic carbocycles. The Morgan fingerprint density at radius 3 is 1.90 bits per heavy atom. The highest BCUT2D eigenvalue weighted by molar-refractivity contribution is 7.80. The molecule has 0 saturated heterocycles. The molecule has 0 bridgehead atoms. The molecule has 0 spiro atoms. The first-order chi connectivity index (χ1) is 4.63. The molecule has 5 heteroatoms. The first-order valence-corrected chi connectivity index (χ1v) is 3.52. The summed E-state index contributed by atoms with van der Waals surface area (Å²) in [6, 6.07) is 0. The normalized spacial score (nSPS) is 20.1. The first kappa shape index (κ1) is 10.2. The van der Waals surface area contributed by atoms with E-state index in [2.05, 4.69) is 12.6 Å². The van der Waals surface area contributed by atoms with Gasteiger partial charge in [-0.3, -0.25) is 0 Å². The zero-order chi connectivity index (χ0) is 8.15. The lowest BCUT2D eigenvalue weighted by Crippen LogP contribution is -2.40. The Morgan fingerprint density at radius 2 is 1.60 bits per heavy atom. The zero-order valence-electron chi connectivity index (χ0n) is 5.38. The van der Waals surface area contributed by atoms with Gasteiger partial charge in [0.15, 0.2) is 0 Å². The van der Waals surface area contributed by atoms with Gasteiger partial charge in [0, 0.05) is 5.75 Å². The van der Waals surface area contributed by atoms with Gasteiger partial charge in [-0.15, -0.1) is 0 Å². The van der Waals surface area contributed by atoms with Gasteiger partial charge < -0.3 is 20.4 Å². The summed E-state index contributed by atoms with van der Waals surface area (Å²) in [5.74, 6) is 0.0538. The fraction of sp³-hybridized carbons (Fsp3) is 1.00. The predicted octanol–water partition coefficient (Wildman–Crippen LogP) is -2.01. The second-order valence-corrected chi connectivity index (χ2v) is 2.36. The van der Waals surface area contributed by atoms with Gasteiger partial charge in [-0.05, 0) is 0 Å². The molecule has 4 nitrogen and oxygen atoms in total. The molecule has 0 radical (unpaired) electrons. The average molecular weight is 168 g/mol. The van der Waals surface area contributed by atoms with Crippen LogP contribution in [0, 0.1) is 0 Å². The smallest absolute Gasteiger partial charge is 0.109 e. The van der Waals surface area contributed by atoms with Crippen molar-refractivity contribution in [3.63, 3.8) is 0 Å². The number of thiol groups is 1. The highest BCUT2D eigenvalue weighted by Crippen LogP contribution is 2.00. The van der Waals surface area contributed by atoms with Crippen LogP contribution in [-0.4, -0.2) is 51.1 Å². The maximum atomic E-state index is 8.88. The molecule has 0 aliphatic carbocycles. The van der Waals surface area contributed by atoms with Crippen LogP contribution in [0.5, 0.6) is 0 Å². The molecule has 0 saturated carbocycles. The second-order valence-electron chi connectivity index (χ2n) is 1.99. The molecule has 3 atom stereocenters. The minimum absolute atomic E-state index is 0.0538. The monoisotopic (exact) mass is 168 g/mol. The molecule has 62 valence electrons. The lowest BCUT2D eigenvalue weighted by atomic mass is 10.1. The van der Waals surface area contributed by atoms with Gasteiger partial charge in [0.25, 0.3) is 0 Å². The van der Waals surface area contributed by atoms with Crippen LogP contribution in [0.2, 0.25) is 0 Å². The van der Waals surface area contributed by atoms with E-state index in [0.29, 0.717) is 0 Å². The third-order valence-corrected chi connectivity index (χ3v) is 1.54. The van der Waals surface area contributed by atoms with E-state index in [9.17, 15) is 0 Å². The molecule has 0 aliphatic rings. The SMILES string of the molecule is OC[C@@H](O)[C@H](O)[C@@H](O)CS. The minimum Gasteiger partial charge on any atom is -0.394 e. The molecule has 0 unspecified atom stereocenters. The van der Waals surface area contributed by atoms with Crippen molar-refractivity contribution in [3.05, 3.63) is 0 Å². The van der Waals surface area contributed by atoms with E-state index < -0.39 is 24.9 Å². The summed E-state index contributed by atoms with van der Waals surface area (Å²) < 4.78 is 0. The number of hydrogen-bond acceptors (Lipinski definition) is 5. The van der Waals surface area contributed by atoms with E-state index in [1.165, 1.54) is 0 Å². The number of aliphatic hydroxyl groups is 4.